The van der Waals surface area contributed by atoms with E-state index in [0.717, 1.165) is 40.9 Å². The van der Waals surface area contributed by atoms with Gasteiger partial charge in [-0.15, -0.1) is 0 Å². The van der Waals surface area contributed by atoms with Crippen LogP contribution in [0, 0.1) is 0 Å². The minimum absolute atomic E-state index is 0.631. The van der Waals surface area contributed by atoms with E-state index >= 15 is 0 Å². The van der Waals surface area contributed by atoms with Gasteiger partial charge in [0.25, 0.3) is 0 Å². The third kappa shape index (κ3) is 10.2. The van der Waals surface area contributed by atoms with Crippen LogP contribution in [0.3, 0.4) is 0 Å². The van der Waals surface area contributed by atoms with Gasteiger partial charge in [0.15, 0.2) is 18.3 Å². The van der Waals surface area contributed by atoms with Crippen LogP contribution in [0.4, 0.5) is 0 Å². The van der Waals surface area contributed by atoms with E-state index in [2.05, 4.69) is 11.3 Å². The molecule has 0 aromatic carbocycles. The Kier molecular flexibility index (Phi) is 11.4. The molecular weight excluding hydrogens is 408 g/mol. The molecule has 4 atom stereocenters. The Balaban J connectivity index is 6.37. The summed E-state index contributed by atoms with van der Waals surface area (Å²) in [6.45, 7) is 7.56. The second-order valence-electron chi connectivity index (χ2n) is 5.73. The summed E-state index contributed by atoms with van der Waals surface area (Å²) in [5, 5.41) is 0. The standard InChI is InChI=1S/C18H24O12/c1-7-25-18(24)17(30-13(6)23)16(29-12(5)22)15(28-11(4)21)14(27-10(3)20)8-26-9(2)19/h7,14-17H,1,8H2,2-6H3/t14-,15-,16+,17-/m1/s1. The maximum atomic E-state index is 12.3. The van der Waals surface area contributed by atoms with Crippen LogP contribution < -0.4 is 0 Å². The van der Waals surface area contributed by atoms with Crippen molar-refractivity contribution in [2.24, 2.45) is 0 Å². The number of carbonyl (C=O) groups excluding carboxylic acids is 6. The van der Waals surface area contributed by atoms with Crippen molar-refractivity contribution < 1.29 is 57.2 Å². The van der Waals surface area contributed by atoms with Crippen molar-refractivity contribution in [3.05, 3.63) is 12.8 Å². The molecule has 0 aliphatic heterocycles. The molecule has 0 aromatic rings. The first-order valence-corrected chi connectivity index (χ1v) is 8.52. The van der Waals surface area contributed by atoms with Gasteiger partial charge in [-0.2, -0.15) is 0 Å². The number of carbonyl (C=O) groups is 6. The van der Waals surface area contributed by atoms with Gasteiger partial charge in [-0.05, 0) is 0 Å². The highest BCUT2D eigenvalue weighted by Crippen LogP contribution is 2.21. The van der Waals surface area contributed by atoms with Gasteiger partial charge in [0.1, 0.15) is 6.61 Å². The number of rotatable bonds is 11. The smallest absolute Gasteiger partial charge is 0.356 e. The van der Waals surface area contributed by atoms with E-state index in [0.29, 0.717) is 0 Å². The molecule has 12 nitrogen and oxygen atoms in total. The molecule has 0 aromatic heterocycles. The van der Waals surface area contributed by atoms with Crippen LogP contribution in [-0.2, 0) is 57.2 Å². The molecule has 30 heavy (non-hydrogen) atoms. The monoisotopic (exact) mass is 432 g/mol. The van der Waals surface area contributed by atoms with Gasteiger partial charge in [0.05, 0.1) is 6.26 Å². The molecule has 0 aliphatic carbocycles. The Bertz CT molecular complexity index is 683. The van der Waals surface area contributed by atoms with Crippen molar-refractivity contribution >= 4 is 35.8 Å². The van der Waals surface area contributed by atoms with Crippen molar-refractivity contribution in [2.45, 2.75) is 59.0 Å². The first-order valence-electron chi connectivity index (χ1n) is 8.52. The molecule has 0 unspecified atom stereocenters. The molecule has 0 amide bonds. The van der Waals surface area contributed by atoms with Crippen molar-refractivity contribution in [3.63, 3.8) is 0 Å². The van der Waals surface area contributed by atoms with Crippen molar-refractivity contribution in [1.29, 1.82) is 0 Å². The van der Waals surface area contributed by atoms with Gasteiger partial charge >= 0.3 is 35.8 Å². The molecule has 0 saturated heterocycles. The quantitative estimate of drug-likeness (QED) is 0.244. The zero-order valence-electron chi connectivity index (χ0n) is 17.2. The molecule has 0 heterocycles. The number of hydrogen-bond donors (Lipinski definition) is 0. The molecule has 0 fully saturated rings. The van der Waals surface area contributed by atoms with E-state index in [1.807, 2.05) is 0 Å². The summed E-state index contributed by atoms with van der Waals surface area (Å²) in [6.07, 6.45) is -6.30. The summed E-state index contributed by atoms with van der Waals surface area (Å²) >= 11 is 0. The molecule has 0 rings (SSSR count). The number of hydrogen-bond acceptors (Lipinski definition) is 12. The fraction of sp³-hybridized carbons (Fsp3) is 0.556. The highest BCUT2D eigenvalue weighted by molar-refractivity contribution is 5.80. The van der Waals surface area contributed by atoms with Crippen molar-refractivity contribution in [3.8, 4) is 0 Å². The normalized spacial score (nSPS) is 14.0. The van der Waals surface area contributed by atoms with E-state index in [9.17, 15) is 28.8 Å². The molecular formula is C18H24O12. The average Bonchev–Trinajstić information content (AvgIpc) is 2.59. The Labute approximate surface area is 172 Å². The van der Waals surface area contributed by atoms with E-state index in [1.165, 1.54) is 0 Å². The van der Waals surface area contributed by atoms with Crippen LogP contribution >= 0.6 is 0 Å². The minimum atomic E-state index is -1.94. The maximum absolute atomic E-state index is 12.3. The highest BCUT2D eigenvalue weighted by Gasteiger charge is 2.47. The summed E-state index contributed by atoms with van der Waals surface area (Å²) < 4.78 is 29.5. The van der Waals surface area contributed by atoms with Crippen LogP contribution in [0.15, 0.2) is 12.8 Å². The Morgan fingerprint density at radius 1 is 0.700 bits per heavy atom. The Hall–Kier alpha value is -3.44. The Morgan fingerprint density at radius 2 is 1.17 bits per heavy atom. The van der Waals surface area contributed by atoms with Crippen molar-refractivity contribution in [1.82, 2.24) is 0 Å². The second kappa shape index (κ2) is 12.9. The molecule has 12 heteroatoms. The predicted molar refractivity (Wildman–Crippen MR) is 95.1 cm³/mol. The molecule has 0 N–H and O–H groups in total. The predicted octanol–water partition coefficient (Wildman–Crippen LogP) is -0.0370. The molecule has 168 valence electrons. The van der Waals surface area contributed by atoms with E-state index in [-0.39, 0.29) is 0 Å². The average molecular weight is 432 g/mol. The fourth-order valence-corrected chi connectivity index (χ4v) is 2.22. The van der Waals surface area contributed by atoms with Crippen LogP contribution in [0.1, 0.15) is 34.6 Å². The largest absolute Gasteiger partial charge is 0.462 e. The number of ether oxygens (including phenoxy) is 6. The third-order valence-electron chi connectivity index (χ3n) is 3.09. The van der Waals surface area contributed by atoms with Gasteiger partial charge in [-0.3, -0.25) is 24.0 Å². The van der Waals surface area contributed by atoms with Gasteiger partial charge in [-0.25, -0.2) is 4.79 Å². The second-order valence-corrected chi connectivity index (χ2v) is 5.73. The summed E-state index contributed by atoms with van der Waals surface area (Å²) in [5.74, 6) is -5.73. The lowest BCUT2D eigenvalue weighted by Crippen LogP contribution is -2.55. The van der Waals surface area contributed by atoms with E-state index < -0.39 is 66.8 Å². The van der Waals surface area contributed by atoms with Crippen LogP contribution in [0.2, 0.25) is 0 Å². The molecule has 0 bridgehead atoms. The lowest BCUT2D eigenvalue weighted by molar-refractivity contribution is -0.206. The zero-order valence-corrected chi connectivity index (χ0v) is 17.2. The zero-order chi connectivity index (χ0) is 23.4. The molecule has 0 radical (unpaired) electrons. The van der Waals surface area contributed by atoms with Crippen LogP contribution in [0.25, 0.3) is 0 Å². The highest BCUT2D eigenvalue weighted by atomic mass is 16.6. The summed E-state index contributed by atoms with van der Waals surface area (Å²) in [4.78, 5) is 69.8. The van der Waals surface area contributed by atoms with Gasteiger partial charge in [0.2, 0.25) is 6.10 Å². The topological polar surface area (TPSA) is 158 Å². The molecule has 0 saturated carbocycles. The van der Waals surface area contributed by atoms with E-state index in [1.54, 1.807) is 0 Å². The van der Waals surface area contributed by atoms with Gasteiger partial charge < -0.3 is 28.4 Å². The lowest BCUT2D eigenvalue weighted by Gasteiger charge is -2.34. The molecule has 0 aliphatic rings. The van der Waals surface area contributed by atoms with E-state index in [4.69, 9.17) is 23.7 Å². The summed E-state index contributed by atoms with van der Waals surface area (Å²) in [7, 11) is 0. The van der Waals surface area contributed by atoms with Crippen molar-refractivity contribution in [2.75, 3.05) is 6.61 Å². The number of esters is 6. The van der Waals surface area contributed by atoms with Gasteiger partial charge in [-0.1, -0.05) is 6.58 Å². The maximum Gasteiger partial charge on any atom is 0.356 e. The first kappa shape index (κ1) is 26.6. The lowest BCUT2D eigenvalue weighted by atomic mass is 10.0. The van der Waals surface area contributed by atoms with Crippen LogP contribution in [-0.4, -0.2) is 66.8 Å². The van der Waals surface area contributed by atoms with Gasteiger partial charge in [0, 0.05) is 34.6 Å². The van der Waals surface area contributed by atoms with Crippen LogP contribution in [0.5, 0.6) is 0 Å². The molecule has 0 spiro atoms. The SMILES string of the molecule is C=COC(=O)[C@H](OC(C)=O)[C@@H](OC(C)=O)[C@H](OC(C)=O)[C@@H](COC(C)=O)OC(C)=O. The summed E-state index contributed by atoms with van der Waals surface area (Å²) in [5.41, 5.74) is 0. The minimum Gasteiger partial charge on any atom is -0.462 e. The summed E-state index contributed by atoms with van der Waals surface area (Å²) in [6, 6.07) is 0. The fourth-order valence-electron chi connectivity index (χ4n) is 2.22. The first-order chi connectivity index (χ1) is 13.9. The third-order valence-corrected chi connectivity index (χ3v) is 3.09. The Morgan fingerprint density at radius 3 is 1.57 bits per heavy atom.